The first kappa shape index (κ1) is 20.8. The summed E-state index contributed by atoms with van der Waals surface area (Å²) >= 11 is 5.74. The molecule has 0 radical (unpaired) electrons. The number of rotatable bonds is 6. The van der Waals surface area contributed by atoms with Crippen LogP contribution >= 0.6 is 11.6 Å². The Labute approximate surface area is 164 Å². The lowest BCUT2D eigenvalue weighted by Crippen LogP contribution is -2.42. The first-order valence-corrected chi connectivity index (χ1v) is 8.49. The van der Waals surface area contributed by atoms with Crippen LogP contribution in [0.2, 0.25) is 5.02 Å². The fraction of sp³-hybridized carbons (Fsp3) is 0.167. The molecule has 0 aromatic heterocycles. The number of imide groups is 1. The molecule has 0 saturated heterocycles. The molecular formula is C18H16ClN3O6. The molecule has 10 heteroatoms. The number of carbonyl (C=O) groups is 3. The third kappa shape index (κ3) is 5.27. The Kier molecular flexibility index (Phi) is 7.05. The van der Waals surface area contributed by atoms with Gasteiger partial charge in [0.15, 0.2) is 0 Å². The van der Waals surface area contributed by atoms with E-state index in [9.17, 15) is 24.5 Å². The molecule has 9 nitrogen and oxygen atoms in total. The molecule has 3 amide bonds. The quantitative estimate of drug-likeness (QED) is 0.432. The predicted octanol–water partition coefficient (Wildman–Crippen LogP) is 2.99. The summed E-state index contributed by atoms with van der Waals surface area (Å²) < 4.78 is 5.22. The third-order valence-corrected chi connectivity index (χ3v) is 3.75. The first-order valence-electron chi connectivity index (χ1n) is 8.12. The largest absolute Gasteiger partial charge is 0.443 e. The van der Waals surface area contributed by atoms with Crippen molar-refractivity contribution in [1.82, 2.24) is 10.6 Å². The molecule has 28 heavy (non-hydrogen) atoms. The van der Waals surface area contributed by atoms with Gasteiger partial charge in [-0.2, -0.15) is 0 Å². The zero-order chi connectivity index (χ0) is 20.7. The number of ether oxygens (including phenoxy) is 1. The number of nitro groups is 1. The van der Waals surface area contributed by atoms with Crippen LogP contribution in [-0.2, 0) is 9.53 Å². The molecule has 2 aromatic rings. The number of benzene rings is 2. The summed E-state index contributed by atoms with van der Waals surface area (Å²) in [5.74, 6) is -2.01. The Hall–Kier alpha value is -3.46. The molecule has 1 unspecified atom stereocenters. The van der Waals surface area contributed by atoms with Gasteiger partial charge in [0.2, 0.25) is 6.10 Å². The smallest absolute Gasteiger partial charge is 0.346 e. The highest BCUT2D eigenvalue weighted by atomic mass is 35.5. The zero-order valence-corrected chi connectivity index (χ0v) is 15.4. The molecule has 1 atom stereocenters. The number of hydrogen-bond acceptors (Lipinski definition) is 6. The van der Waals surface area contributed by atoms with E-state index >= 15 is 0 Å². The lowest BCUT2D eigenvalue weighted by Gasteiger charge is -2.17. The number of halogens is 1. The summed E-state index contributed by atoms with van der Waals surface area (Å²) in [7, 11) is 0. The Morgan fingerprint density at radius 3 is 2.46 bits per heavy atom. The molecule has 0 aliphatic rings. The summed E-state index contributed by atoms with van der Waals surface area (Å²) in [5, 5.41) is 15.7. The number of carbonyl (C=O) groups excluding carboxylic acids is 3. The number of amides is 3. The van der Waals surface area contributed by atoms with Crippen LogP contribution in [0, 0.1) is 10.1 Å². The highest BCUT2D eigenvalue weighted by Crippen LogP contribution is 2.26. The second kappa shape index (κ2) is 9.47. The van der Waals surface area contributed by atoms with Crippen LogP contribution in [0.25, 0.3) is 0 Å². The van der Waals surface area contributed by atoms with Crippen molar-refractivity contribution >= 4 is 35.2 Å². The van der Waals surface area contributed by atoms with Crippen molar-refractivity contribution in [2.45, 2.75) is 13.0 Å². The first-order chi connectivity index (χ1) is 13.3. The van der Waals surface area contributed by atoms with Crippen LogP contribution < -0.4 is 10.6 Å². The molecule has 2 aromatic carbocycles. The number of nitrogens with zero attached hydrogens (tertiary/aromatic N) is 1. The van der Waals surface area contributed by atoms with Gasteiger partial charge in [-0.1, -0.05) is 41.9 Å². The molecule has 0 heterocycles. The van der Waals surface area contributed by atoms with Crippen molar-refractivity contribution < 1.29 is 24.0 Å². The average Bonchev–Trinajstić information content (AvgIpc) is 2.66. The van der Waals surface area contributed by atoms with Gasteiger partial charge in [0.1, 0.15) is 5.56 Å². The lowest BCUT2D eigenvalue weighted by atomic mass is 10.1. The van der Waals surface area contributed by atoms with Gasteiger partial charge < -0.3 is 10.1 Å². The Morgan fingerprint density at radius 2 is 1.86 bits per heavy atom. The molecular weight excluding hydrogens is 390 g/mol. The highest BCUT2D eigenvalue weighted by molar-refractivity contribution is 6.31. The van der Waals surface area contributed by atoms with Crippen molar-refractivity contribution in [2.24, 2.45) is 0 Å². The van der Waals surface area contributed by atoms with Gasteiger partial charge in [0.25, 0.3) is 11.6 Å². The molecule has 0 spiro atoms. The van der Waals surface area contributed by atoms with E-state index in [2.05, 4.69) is 10.6 Å². The highest BCUT2D eigenvalue weighted by Gasteiger charge is 2.30. The van der Waals surface area contributed by atoms with Gasteiger partial charge in [-0.15, -0.1) is 0 Å². The number of urea groups is 1. The Morgan fingerprint density at radius 1 is 1.18 bits per heavy atom. The summed E-state index contributed by atoms with van der Waals surface area (Å²) in [4.78, 5) is 47.0. The fourth-order valence-corrected chi connectivity index (χ4v) is 2.45. The van der Waals surface area contributed by atoms with E-state index in [1.54, 1.807) is 25.1 Å². The second-order valence-electron chi connectivity index (χ2n) is 5.46. The van der Waals surface area contributed by atoms with Crippen molar-refractivity contribution in [1.29, 1.82) is 0 Å². The predicted molar refractivity (Wildman–Crippen MR) is 99.9 cm³/mol. The van der Waals surface area contributed by atoms with Gasteiger partial charge in [-0.25, -0.2) is 9.59 Å². The minimum Gasteiger partial charge on any atom is -0.443 e. The fourth-order valence-electron chi connectivity index (χ4n) is 2.28. The van der Waals surface area contributed by atoms with Crippen LogP contribution in [0.3, 0.4) is 0 Å². The van der Waals surface area contributed by atoms with Gasteiger partial charge in [0, 0.05) is 23.2 Å². The standard InChI is InChI=1S/C18H16ClN3O6/c1-2-20-18(25)21-16(23)15(11-6-4-3-5-7-11)28-17(24)13-9-8-12(19)10-14(13)22(26)27/h3-10,15H,2H2,1H3,(H2,20,21,23,25). The minimum atomic E-state index is -1.49. The molecule has 0 aliphatic heterocycles. The van der Waals surface area contributed by atoms with E-state index in [4.69, 9.17) is 16.3 Å². The maximum absolute atomic E-state index is 12.5. The number of nitro benzene ring substituents is 1. The van der Waals surface area contributed by atoms with Crippen LogP contribution in [0.5, 0.6) is 0 Å². The van der Waals surface area contributed by atoms with E-state index < -0.39 is 34.6 Å². The third-order valence-electron chi connectivity index (χ3n) is 3.52. The van der Waals surface area contributed by atoms with Crippen molar-refractivity contribution in [3.63, 3.8) is 0 Å². The minimum absolute atomic E-state index is 0.0665. The summed E-state index contributed by atoms with van der Waals surface area (Å²) in [5.41, 5.74) is -0.649. The van der Waals surface area contributed by atoms with E-state index in [0.717, 1.165) is 12.1 Å². The van der Waals surface area contributed by atoms with Crippen molar-refractivity contribution in [3.8, 4) is 0 Å². The van der Waals surface area contributed by atoms with Crippen molar-refractivity contribution in [2.75, 3.05) is 6.54 Å². The maximum Gasteiger partial charge on any atom is 0.346 e. The molecule has 0 saturated carbocycles. The van der Waals surface area contributed by atoms with Crippen LogP contribution in [0.15, 0.2) is 48.5 Å². The number of hydrogen-bond donors (Lipinski definition) is 2. The molecule has 2 N–H and O–H groups in total. The van der Waals surface area contributed by atoms with Gasteiger partial charge in [-0.3, -0.25) is 20.2 Å². The second-order valence-corrected chi connectivity index (χ2v) is 5.90. The molecule has 146 valence electrons. The molecule has 0 aliphatic carbocycles. The van der Waals surface area contributed by atoms with Crippen LogP contribution in [0.1, 0.15) is 28.9 Å². The number of esters is 1. The molecule has 2 rings (SSSR count). The maximum atomic E-state index is 12.5. The van der Waals surface area contributed by atoms with E-state index in [1.165, 1.54) is 18.2 Å². The topological polar surface area (TPSA) is 128 Å². The monoisotopic (exact) mass is 405 g/mol. The van der Waals surface area contributed by atoms with Crippen LogP contribution in [-0.4, -0.2) is 29.4 Å². The zero-order valence-electron chi connectivity index (χ0n) is 14.7. The Bertz CT molecular complexity index is 903. The van der Waals surface area contributed by atoms with E-state index in [1.807, 2.05) is 0 Å². The van der Waals surface area contributed by atoms with Gasteiger partial charge in [-0.05, 0) is 19.1 Å². The molecule has 0 fully saturated rings. The summed E-state index contributed by atoms with van der Waals surface area (Å²) in [6.45, 7) is 1.95. The van der Waals surface area contributed by atoms with E-state index in [-0.39, 0.29) is 22.7 Å². The Balaban J connectivity index is 2.33. The number of nitrogens with one attached hydrogen (secondary N) is 2. The van der Waals surface area contributed by atoms with Crippen LogP contribution in [0.4, 0.5) is 10.5 Å². The van der Waals surface area contributed by atoms with E-state index in [0.29, 0.717) is 0 Å². The van der Waals surface area contributed by atoms with Crippen molar-refractivity contribution in [3.05, 3.63) is 74.8 Å². The lowest BCUT2D eigenvalue weighted by molar-refractivity contribution is -0.385. The average molecular weight is 406 g/mol. The summed E-state index contributed by atoms with van der Waals surface area (Å²) in [6, 6.07) is 10.6. The summed E-state index contributed by atoms with van der Waals surface area (Å²) in [6.07, 6.45) is -1.49. The normalized spacial score (nSPS) is 11.2. The van der Waals surface area contributed by atoms with Gasteiger partial charge >= 0.3 is 12.0 Å². The molecule has 0 bridgehead atoms. The SMILES string of the molecule is CCNC(=O)NC(=O)C(OC(=O)c1ccc(Cl)cc1[N+](=O)[O-])c1ccccc1. The van der Waals surface area contributed by atoms with Gasteiger partial charge in [0.05, 0.1) is 4.92 Å².